The molecule has 0 aliphatic heterocycles. The maximum absolute atomic E-state index is 12.0. The van der Waals surface area contributed by atoms with Gasteiger partial charge in [-0.05, 0) is 49.1 Å². The summed E-state index contributed by atoms with van der Waals surface area (Å²) >= 11 is 0. The van der Waals surface area contributed by atoms with Gasteiger partial charge in [-0.15, -0.1) is 0 Å². The Morgan fingerprint density at radius 2 is 1.96 bits per heavy atom. The lowest BCUT2D eigenvalue weighted by Crippen LogP contribution is -2.26. The minimum atomic E-state index is -0.292. The highest BCUT2D eigenvalue weighted by Gasteiger charge is 2.10. The molecule has 0 fully saturated rings. The largest absolute Gasteiger partial charge is 0.483 e. The summed E-state index contributed by atoms with van der Waals surface area (Å²) < 4.78 is 5.69. The van der Waals surface area contributed by atoms with Crippen LogP contribution in [-0.4, -0.2) is 23.2 Å². The number of rotatable bonds is 6. The van der Waals surface area contributed by atoms with Crippen LogP contribution in [0.25, 0.3) is 0 Å². The zero-order valence-corrected chi connectivity index (χ0v) is 14.5. The number of pyridine rings is 1. The third-order valence-electron chi connectivity index (χ3n) is 3.60. The first kappa shape index (κ1) is 17.7. The third-order valence-corrected chi connectivity index (χ3v) is 3.60. The summed E-state index contributed by atoms with van der Waals surface area (Å²) in [6.45, 7) is 7.95. The molecule has 0 saturated heterocycles. The summed E-state index contributed by atoms with van der Waals surface area (Å²) in [5.41, 5.74) is 6.33. The fourth-order valence-corrected chi connectivity index (χ4v) is 2.22. The number of amides is 1. The van der Waals surface area contributed by atoms with Gasteiger partial charge in [-0.3, -0.25) is 9.78 Å². The lowest BCUT2D eigenvalue weighted by Gasteiger charge is -2.14. The molecule has 0 bridgehead atoms. The molecule has 1 aromatic carbocycles. The monoisotopic (exact) mass is 325 g/mol. The van der Waals surface area contributed by atoms with Crippen LogP contribution >= 0.6 is 0 Å². The van der Waals surface area contributed by atoms with Crippen molar-refractivity contribution in [3.8, 4) is 5.75 Å². The van der Waals surface area contributed by atoms with Crippen LogP contribution in [0.3, 0.4) is 0 Å². The predicted octanol–water partition coefficient (Wildman–Crippen LogP) is 3.43. The van der Waals surface area contributed by atoms with Crippen LogP contribution in [-0.2, 0) is 4.79 Å². The standard InChI is InChI=1S/C19H23N3O2/c1-13(2)17-6-5-14(3)11-18(17)24-12-19(23)22-21-15(4)16-7-9-20-10-8-16/h5-11,13H,12H2,1-4H3,(H,22,23)/b21-15-. The summed E-state index contributed by atoms with van der Waals surface area (Å²) in [6, 6.07) is 9.71. The van der Waals surface area contributed by atoms with Crippen molar-refractivity contribution in [1.82, 2.24) is 10.4 Å². The number of carbonyl (C=O) groups is 1. The summed E-state index contributed by atoms with van der Waals surface area (Å²) in [5.74, 6) is 0.783. The second-order valence-electron chi connectivity index (χ2n) is 5.95. The van der Waals surface area contributed by atoms with Gasteiger partial charge in [0.25, 0.3) is 5.91 Å². The molecule has 1 N–H and O–H groups in total. The highest BCUT2D eigenvalue weighted by atomic mass is 16.5. The first-order chi connectivity index (χ1) is 11.5. The predicted molar refractivity (Wildman–Crippen MR) is 95.4 cm³/mol. The maximum atomic E-state index is 12.0. The molecule has 0 unspecified atom stereocenters. The van der Waals surface area contributed by atoms with E-state index in [-0.39, 0.29) is 12.5 Å². The van der Waals surface area contributed by atoms with E-state index in [9.17, 15) is 4.79 Å². The molecule has 5 heteroatoms. The van der Waals surface area contributed by atoms with Crippen molar-refractivity contribution in [2.24, 2.45) is 5.10 Å². The quantitative estimate of drug-likeness (QED) is 0.654. The minimum absolute atomic E-state index is 0.0731. The molecule has 1 aromatic heterocycles. The first-order valence-corrected chi connectivity index (χ1v) is 7.94. The van der Waals surface area contributed by atoms with E-state index in [1.807, 2.05) is 44.2 Å². The highest BCUT2D eigenvalue weighted by Crippen LogP contribution is 2.27. The van der Waals surface area contributed by atoms with Gasteiger partial charge in [0.05, 0.1) is 5.71 Å². The fourth-order valence-electron chi connectivity index (χ4n) is 2.22. The molecule has 5 nitrogen and oxygen atoms in total. The molecule has 0 spiro atoms. The zero-order chi connectivity index (χ0) is 17.5. The highest BCUT2D eigenvalue weighted by molar-refractivity contribution is 5.99. The van der Waals surface area contributed by atoms with Crippen molar-refractivity contribution in [3.05, 3.63) is 59.4 Å². The van der Waals surface area contributed by atoms with Gasteiger partial charge in [0.1, 0.15) is 5.75 Å². The summed E-state index contributed by atoms with van der Waals surface area (Å²) in [5, 5.41) is 4.09. The Bertz CT molecular complexity index is 725. The van der Waals surface area contributed by atoms with E-state index in [0.29, 0.717) is 11.6 Å². The molecule has 24 heavy (non-hydrogen) atoms. The van der Waals surface area contributed by atoms with E-state index < -0.39 is 0 Å². The Balaban J connectivity index is 1.95. The number of hydrazone groups is 1. The van der Waals surface area contributed by atoms with Gasteiger partial charge >= 0.3 is 0 Å². The number of nitrogens with zero attached hydrogens (tertiary/aromatic N) is 2. The van der Waals surface area contributed by atoms with Crippen LogP contribution in [0.15, 0.2) is 47.8 Å². The lowest BCUT2D eigenvalue weighted by molar-refractivity contribution is -0.123. The molecule has 2 aromatic rings. The van der Waals surface area contributed by atoms with Crippen LogP contribution in [0.4, 0.5) is 0 Å². The zero-order valence-electron chi connectivity index (χ0n) is 14.5. The molecule has 1 heterocycles. The van der Waals surface area contributed by atoms with E-state index in [1.54, 1.807) is 12.4 Å². The van der Waals surface area contributed by atoms with Crippen molar-refractivity contribution < 1.29 is 9.53 Å². The van der Waals surface area contributed by atoms with E-state index in [1.165, 1.54) is 0 Å². The maximum Gasteiger partial charge on any atom is 0.277 e. The number of benzene rings is 1. The number of aryl methyl sites for hydroxylation is 1. The number of nitrogens with one attached hydrogen (secondary N) is 1. The topological polar surface area (TPSA) is 63.6 Å². The molecule has 0 aliphatic carbocycles. The van der Waals surface area contributed by atoms with Crippen molar-refractivity contribution in [2.45, 2.75) is 33.6 Å². The van der Waals surface area contributed by atoms with Crippen molar-refractivity contribution in [2.75, 3.05) is 6.61 Å². The number of hydrogen-bond acceptors (Lipinski definition) is 4. The van der Waals surface area contributed by atoms with Crippen molar-refractivity contribution in [3.63, 3.8) is 0 Å². The Morgan fingerprint density at radius 1 is 1.25 bits per heavy atom. The Morgan fingerprint density at radius 3 is 2.62 bits per heavy atom. The van der Waals surface area contributed by atoms with Crippen LogP contribution in [0.2, 0.25) is 0 Å². The lowest BCUT2D eigenvalue weighted by atomic mass is 10.0. The summed E-state index contributed by atoms with van der Waals surface area (Å²) in [6.07, 6.45) is 3.37. The van der Waals surface area contributed by atoms with Gasteiger partial charge in [-0.25, -0.2) is 5.43 Å². The summed E-state index contributed by atoms with van der Waals surface area (Å²) in [7, 11) is 0. The van der Waals surface area contributed by atoms with Gasteiger partial charge in [0.15, 0.2) is 6.61 Å². The SMILES string of the molecule is C/C(=N/NC(=O)COc1cc(C)ccc1C(C)C)c1ccncc1. The molecule has 0 aliphatic rings. The van der Waals surface area contributed by atoms with E-state index in [2.05, 4.69) is 29.4 Å². The van der Waals surface area contributed by atoms with Gasteiger partial charge in [0, 0.05) is 18.0 Å². The summed E-state index contributed by atoms with van der Waals surface area (Å²) in [4.78, 5) is 15.9. The molecular formula is C19H23N3O2. The van der Waals surface area contributed by atoms with E-state index in [0.717, 1.165) is 22.4 Å². The van der Waals surface area contributed by atoms with Crippen LogP contribution in [0, 0.1) is 6.92 Å². The normalized spacial score (nSPS) is 11.5. The van der Waals surface area contributed by atoms with Gasteiger partial charge in [0.2, 0.25) is 0 Å². The minimum Gasteiger partial charge on any atom is -0.483 e. The van der Waals surface area contributed by atoms with Gasteiger partial charge < -0.3 is 4.74 Å². The average Bonchev–Trinajstić information content (AvgIpc) is 2.58. The van der Waals surface area contributed by atoms with E-state index in [4.69, 9.17) is 4.74 Å². The third kappa shape index (κ3) is 4.91. The number of hydrogen-bond donors (Lipinski definition) is 1. The Hall–Kier alpha value is -2.69. The molecule has 2 rings (SSSR count). The van der Waals surface area contributed by atoms with Crippen molar-refractivity contribution >= 4 is 11.6 Å². The van der Waals surface area contributed by atoms with Gasteiger partial charge in [-0.2, -0.15) is 5.10 Å². The second kappa shape index (κ2) is 8.24. The first-order valence-electron chi connectivity index (χ1n) is 7.94. The number of carbonyl (C=O) groups excluding carboxylic acids is 1. The molecule has 0 atom stereocenters. The van der Waals surface area contributed by atoms with E-state index >= 15 is 0 Å². The smallest absolute Gasteiger partial charge is 0.277 e. The number of ether oxygens (including phenoxy) is 1. The van der Waals surface area contributed by atoms with Crippen LogP contribution in [0.5, 0.6) is 5.75 Å². The number of aromatic nitrogens is 1. The van der Waals surface area contributed by atoms with Crippen LogP contribution in [0.1, 0.15) is 43.4 Å². The Labute approximate surface area is 142 Å². The van der Waals surface area contributed by atoms with Crippen molar-refractivity contribution in [1.29, 1.82) is 0 Å². The molecule has 0 saturated carbocycles. The Kier molecular flexibility index (Phi) is 6.07. The second-order valence-corrected chi connectivity index (χ2v) is 5.95. The van der Waals surface area contributed by atoms with Gasteiger partial charge in [-0.1, -0.05) is 26.0 Å². The van der Waals surface area contributed by atoms with Crippen LogP contribution < -0.4 is 10.2 Å². The molecule has 1 amide bonds. The fraction of sp³-hybridized carbons (Fsp3) is 0.316. The molecule has 126 valence electrons. The molecule has 0 radical (unpaired) electrons. The average molecular weight is 325 g/mol. The molecular weight excluding hydrogens is 302 g/mol.